The molecule has 2 aliphatic rings. The molecule has 2 N–H and O–H groups in total. The highest BCUT2D eigenvalue weighted by molar-refractivity contribution is 4.86. The average molecular weight is 183 g/mol. The molecule has 1 heterocycles. The van der Waals surface area contributed by atoms with Crippen LogP contribution in [0, 0.1) is 5.92 Å². The van der Waals surface area contributed by atoms with Gasteiger partial charge in [-0.1, -0.05) is 19.3 Å². The lowest BCUT2D eigenvalue weighted by molar-refractivity contribution is 0.0422. The quantitative estimate of drug-likeness (QED) is 0.648. The van der Waals surface area contributed by atoms with Crippen LogP contribution >= 0.6 is 0 Å². The summed E-state index contributed by atoms with van der Waals surface area (Å²) in [5.74, 6) is 0.550. The molecule has 2 heteroatoms. The van der Waals surface area contributed by atoms with E-state index in [1.807, 2.05) is 0 Å². The summed E-state index contributed by atoms with van der Waals surface area (Å²) in [7, 11) is 0. The number of hydrogen-bond acceptors (Lipinski definition) is 2. The Morgan fingerprint density at radius 3 is 2.38 bits per heavy atom. The number of aliphatic hydroxyl groups is 1. The van der Waals surface area contributed by atoms with E-state index < -0.39 is 0 Å². The van der Waals surface area contributed by atoms with E-state index in [1.54, 1.807) is 0 Å². The van der Waals surface area contributed by atoms with E-state index >= 15 is 0 Å². The van der Waals surface area contributed by atoms with Crippen molar-refractivity contribution in [3.8, 4) is 0 Å². The monoisotopic (exact) mass is 183 g/mol. The molecular weight excluding hydrogens is 162 g/mol. The minimum atomic E-state index is -0.0238. The number of hydrogen-bond donors (Lipinski definition) is 2. The summed E-state index contributed by atoms with van der Waals surface area (Å²) in [6.07, 6.45) is 8.73. The third-order valence-corrected chi connectivity index (χ3v) is 3.65. The van der Waals surface area contributed by atoms with E-state index in [0.717, 1.165) is 13.0 Å². The van der Waals surface area contributed by atoms with Gasteiger partial charge in [0.2, 0.25) is 0 Å². The van der Waals surface area contributed by atoms with Crippen LogP contribution in [0.3, 0.4) is 0 Å². The van der Waals surface area contributed by atoms with Gasteiger partial charge in [-0.05, 0) is 32.2 Å². The van der Waals surface area contributed by atoms with Gasteiger partial charge in [-0.2, -0.15) is 0 Å². The van der Waals surface area contributed by atoms with Crippen molar-refractivity contribution < 1.29 is 5.11 Å². The molecule has 0 aromatic rings. The van der Waals surface area contributed by atoms with Gasteiger partial charge in [0.15, 0.2) is 0 Å². The first kappa shape index (κ1) is 9.47. The first-order valence-electron chi connectivity index (χ1n) is 5.79. The van der Waals surface area contributed by atoms with E-state index in [-0.39, 0.29) is 6.10 Å². The van der Waals surface area contributed by atoms with Gasteiger partial charge in [-0.15, -0.1) is 0 Å². The van der Waals surface area contributed by atoms with Gasteiger partial charge >= 0.3 is 0 Å². The number of aliphatic hydroxyl groups excluding tert-OH is 1. The summed E-state index contributed by atoms with van der Waals surface area (Å²) in [4.78, 5) is 0. The predicted octanol–water partition coefficient (Wildman–Crippen LogP) is 1.68. The van der Waals surface area contributed by atoms with Gasteiger partial charge < -0.3 is 10.4 Å². The van der Waals surface area contributed by atoms with Crippen LogP contribution in [0.4, 0.5) is 0 Å². The molecule has 0 amide bonds. The minimum absolute atomic E-state index is 0.0238. The van der Waals surface area contributed by atoms with Crippen LogP contribution in [0.25, 0.3) is 0 Å². The molecule has 0 spiro atoms. The molecule has 2 fully saturated rings. The van der Waals surface area contributed by atoms with Crippen LogP contribution in [-0.2, 0) is 0 Å². The smallest absolute Gasteiger partial charge is 0.0583 e. The van der Waals surface area contributed by atoms with Crippen LogP contribution in [0.5, 0.6) is 0 Å². The predicted molar refractivity (Wildman–Crippen MR) is 53.6 cm³/mol. The summed E-state index contributed by atoms with van der Waals surface area (Å²) < 4.78 is 0. The molecule has 13 heavy (non-hydrogen) atoms. The molecule has 0 aromatic carbocycles. The Kier molecular flexibility index (Phi) is 3.23. The van der Waals surface area contributed by atoms with Gasteiger partial charge in [0.25, 0.3) is 0 Å². The van der Waals surface area contributed by atoms with Gasteiger partial charge in [0.05, 0.1) is 6.10 Å². The van der Waals surface area contributed by atoms with Crippen molar-refractivity contribution in [1.82, 2.24) is 5.32 Å². The molecular formula is C11H21NO. The second kappa shape index (κ2) is 4.43. The van der Waals surface area contributed by atoms with Gasteiger partial charge in [-0.25, -0.2) is 0 Å². The Balaban J connectivity index is 1.88. The molecule has 76 valence electrons. The SMILES string of the molecule is OC1CCCCC1C1CCCCN1. The zero-order valence-corrected chi connectivity index (χ0v) is 8.34. The molecule has 1 saturated carbocycles. The highest BCUT2D eigenvalue weighted by Crippen LogP contribution is 2.30. The maximum absolute atomic E-state index is 9.88. The second-order valence-electron chi connectivity index (χ2n) is 4.57. The number of piperidine rings is 1. The third-order valence-electron chi connectivity index (χ3n) is 3.65. The van der Waals surface area contributed by atoms with E-state index in [2.05, 4.69) is 5.32 Å². The van der Waals surface area contributed by atoms with Gasteiger partial charge in [-0.3, -0.25) is 0 Å². The molecule has 0 bridgehead atoms. The molecule has 2 nitrogen and oxygen atoms in total. The Hall–Kier alpha value is -0.0800. The van der Waals surface area contributed by atoms with Crippen molar-refractivity contribution in [3.05, 3.63) is 0 Å². The molecule has 1 aliphatic carbocycles. The van der Waals surface area contributed by atoms with Crippen LogP contribution in [0.2, 0.25) is 0 Å². The average Bonchev–Trinajstić information content (AvgIpc) is 2.20. The summed E-state index contributed by atoms with van der Waals surface area (Å²) >= 11 is 0. The summed E-state index contributed by atoms with van der Waals surface area (Å²) in [5.41, 5.74) is 0. The topological polar surface area (TPSA) is 32.3 Å². The van der Waals surface area contributed by atoms with Crippen molar-refractivity contribution >= 4 is 0 Å². The highest BCUT2D eigenvalue weighted by atomic mass is 16.3. The zero-order valence-electron chi connectivity index (χ0n) is 8.34. The molecule has 0 radical (unpaired) electrons. The lowest BCUT2D eigenvalue weighted by Crippen LogP contribution is -2.45. The molecule has 3 unspecified atom stereocenters. The third kappa shape index (κ3) is 2.23. The summed E-state index contributed by atoms with van der Waals surface area (Å²) in [6.45, 7) is 1.16. The Bertz CT molecular complexity index is 154. The fraction of sp³-hybridized carbons (Fsp3) is 1.00. The Labute approximate surface area is 80.7 Å². The molecule has 0 aromatic heterocycles. The van der Waals surface area contributed by atoms with E-state index in [0.29, 0.717) is 12.0 Å². The van der Waals surface area contributed by atoms with Crippen molar-refractivity contribution in [2.24, 2.45) is 5.92 Å². The lowest BCUT2D eigenvalue weighted by atomic mass is 9.79. The van der Waals surface area contributed by atoms with Crippen molar-refractivity contribution in [3.63, 3.8) is 0 Å². The van der Waals surface area contributed by atoms with Gasteiger partial charge in [0, 0.05) is 12.0 Å². The second-order valence-corrected chi connectivity index (χ2v) is 4.57. The first-order chi connectivity index (χ1) is 6.38. The number of rotatable bonds is 1. The Morgan fingerprint density at radius 1 is 0.923 bits per heavy atom. The maximum Gasteiger partial charge on any atom is 0.0583 e. The van der Waals surface area contributed by atoms with Crippen LogP contribution in [-0.4, -0.2) is 23.8 Å². The normalized spacial score (nSPS) is 41.8. The molecule has 1 saturated heterocycles. The standard InChI is InChI=1S/C11H21NO/c13-11-7-2-1-5-9(11)10-6-3-4-8-12-10/h9-13H,1-8H2. The molecule has 3 atom stereocenters. The minimum Gasteiger partial charge on any atom is -0.393 e. The number of nitrogens with one attached hydrogen (secondary N) is 1. The zero-order chi connectivity index (χ0) is 9.10. The van der Waals surface area contributed by atoms with Gasteiger partial charge in [0.1, 0.15) is 0 Å². The first-order valence-corrected chi connectivity index (χ1v) is 5.79. The fourth-order valence-electron chi connectivity index (χ4n) is 2.85. The lowest BCUT2D eigenvalue weighted by Gasteiger charge is -2.37. The van der Waals surface area contributed by atoms with E-state index in [4.69, 9.17) is 0 Å². The van der Waals surface area contributed by atoms with E-state index in [9.17, 15) is 5.11 Å². The summed E-state index contributed by atoms with van der Waals surface area (Å²) in [5, 5.41) is 13.4. The van der Waals surface area contributed by atoms with E-state index in [1.165, 1.54) is 38.5 Å². The summed E-state index contributed by atoms with van der Waals surface area (Å²) in [6, 6.07) is 0.615. The highest BCUT2D eigenvalue weighted by Gasteiger charge is 2.30. The largest absolute Gasteiger partial charge is 0.393 e. The van der Waals surface area contributed by atoms with Crippen molar-refractivity contribution in [2.45, 2.75) is 57.1 Å². The van der Waals surface area contributed by atoms with Crippen LogP contribution in [0.15, 0.2) is 0 Å². The van der Waals surface area contributed by atoms with Crippen molar-refractivity contribution in [1.29, 1.82) is 0 Å². The van der Waals surface area contributed by atoms with Crippen LogP contribution < -0.4 is 5.32 Å². The maximum atomic E-state index is 9.88. The molecule has 1 aliphatic heterocycles. The fourth-order valence-corrected chi connectivity index (χ4v) is 2.85. The van der Waals surface area contributed by atoms with Crippen molar-refractivity contribution in [2.75, 3.05) is 6.54 Å². The molecule has 2 rings (SSSR count). The van der Waals surface area contributed by atoms with Crippen LogP contribution in [0.1, 0.15) is 44.9 Å². The Morgan fingerprint density at radius 2 is 1.69 bits per heavy atom.